The Hall–Kier alpha value is -1.95. The van der Waals surface area contributed by atoms with Crippen LogP contribution in [0, 0.1) is 17.0 Å². The number of aryl methyl sites for hydroxylation is 1. The van der Waals surface area contributed by atoms with E-state index in [0.29, 0.717) is 30.6 Å². The molecular formula is C12H14N2O4. The van der Waals surface area contributed by atoms with E-state index >= 15 is 0 Å². The highest BCUT2D eigenvalue weighted by atomic mass is 16.6. The van der Waals surface area contributed by atoms with E-state index in [2.05, 4.69) is 0 Å². The van der Waals surface area contributed by atoms with Crippen LogP contribution in [0.3, 0.4) is 0 Å². The Morgan fingerprint density at radius 1 is 1.56 bits per heavy atom. The molecule has 1 heterocycles. The van der Waals surface area contributed by atoms with Crippen LogP contribution >= 0.6 is 0 Å². The molecule has 1 N–H and O–H groups in total. The van der Waals surface area contributed by atoms with Gasteiger partial charge in [0.15, 0.2) is 0 Å². The van der Waals surface area contributed by atoms with Crippen molar-refractivity contribution in [1.82, 2.24) is 4.90 Å². The van der Waals surface area contributed by atoms with Gasteiger partial charge in [0, 0.05) is 30.3 Å². The van der Waals surface area contributed by atoms with E-state index in [1.165, 1.54) is 18.2 Å². The SMILES string of the molecule is Cc1cc(C(=O)N2CCC(O)C2)ccc1[N+](=O)[O-]. The first-order valence-electron chi connectivity index (χ1n) is 5.71. The molecule has 0 radical (unpaired) electrons. The standard InChI is InChI=1S/C12H14N2O4/c1-8-6-9(2-3-11(8)14(17)18)12(16)13-5-4-10(15)7-13/h2-3,6,10,15H,4-5,7H2,1H3. The number of aliphatic hydroxyl groups is 1. The van der Waals surface area contributed by atoms with Gasteiger partial charge in [0.1, 0.15) is 0 Å². The Morgan fingerprint density at radius 3 is 2.78 bits per heavy atom. The largest absolute Gasteiger partial charge is 0.391 e. The molecule has 18 heavy (non-hydrogen) atoms. The van der Waals surface area contributed by atoms with Crippen LogP contribution in [-0.2, 0) is 0 Å². The van der Waals surface area contributed by atoms with E-state index in [1.807, 2.05) is 0 Å². The number of hydrogen-bond acceptors (Lipinski definition) is 4. The monoisotopic (exact) mass is 250 g/mol. The molecule has 1 fully saturated rings. The fraction of sp³-hybridized carbons (Fsp3) is 0.417. The number of rotatable bonds is 2. The minimum Gasteiger partial charge on any atom is -0.391 e. The average Bonchev–Trinajstić information content (AvgIpc) is 2.74. The summed E-state index contributed by atoms with van der Waals surface area (Å²) in [6.45, 7) is 2.46. The summed E-state index contributed by atoms with van der Waals surface area (Å²) >= 11 is 0. The summed E-state index contributed by atoms with van der Waals surface area (Å²) in [5.41, 5.74) is 0.894. The summed E-state index contributed by atoms with van der Waals surface area (Å²) in [6.07, 6.45) is 0.116. The van der Waals surface area contributed by atoms with Gasteiger partial charge >= 0.3 is 0 Å². The van der Waals surface area contributed by atoms with E-state index in [-0.39, 0.29) is 11.6 Å². The molecule has 0 aliphatic carbocycles. The molecule has 1 saturated heterocycles. The van der Waals surface area contributed by atoms with E-state index in [1.54, 1.807) is 11.8 Å². The van der Waals surface area contributed by atoms with Crippen molar-refractivity contribution in [2.24, 2.45) is 0 Å². The Bertz CT molecular complexity index is 501. The van der Waals surface area contributed by atoms with Crippen LogP contribution < -0.4 is 0 Å². The number of carbonyl (C=O) groups excluding carboxylic acids is 1. The van der Waals surface area contributed by atoms with Crippen LogP contribution in [0.25, 0.3) is 0 Å². The van der Waals surface area contributed by atoms with Crippen LogP contribution in [0.2, 0.25) is 0 Å². The molecular weight excluding hydrogens is 236 g/mol. The van der Waals surface area contributed by atoms with Gasteiger partial charge in [0.05, 0.1) is 11.0 Å². The van der Waals surface area contributed by atoms with Gasteiger partial charge in [-0.1, -0.05) is 0 Å². The lowest BCUT2D eigenvalue weighted by atomic mass is 10.1. The van der Waals surface area contributed by atoms with Gasteiger partial charge < -0.3 is 10.0 Å². The van der Waals surface area contributed by atoms with Crippen LogP contribution in [0.15, 0.2) is 18.2 Å². The van der Waals surface area contributed by atoms with Crippen molar-refractivity contribution in [2.75, 3.05) is 13.1 Å². The fourth-order valence-corrected chi connectivity index (χ4v) is 2.10. The number of aliphatic hydroxyl groups excluding tert-OH is 1. The highest BCUT2D eigenvalue weighted by Gasteiger charge is 2.26. The second-order valence-electron chi connectivity index (χ2n) is 4.45. The molecule has 1 atom stereocenters. The van der Waals surface area contributed by atoms with Crippen molar-refractivity contribution >= 4 is 11.6 Å². The molecule has 1 aliphatic rings. The number of benzene rings is 1. The van der Waals surface area contributed by atoms with Gasteiger partial charge in [-0.05, 0) is 25.5 Å². The van der Waals surface area contributed by atoms with E-state index in [4.69, 9.17) is 0 Å². The number of carbonyl (C=O) groups is 1. The van der Waals surface area contributed by atoms with Gasteiger partial charge in [-0.2, -0.15) is 0 Å². The summed E-state index contributed by atoms with van der Waals surface area (Å²) in [5.74, 6) is -0.190. The Balaban J connectivity index is 2.21. The summed E-state index contributed by atoms with van der Waals surface area (Å²) in [5, 5.41) is 20.1. The molecule has 96 valence electrons. The number of β-amino-alcohol motifs (C(OH)–C–C–N with tert-alkyl or cyclic N) is 1. The molecule has 1 amide bonds. The van der Waals surface area contributed by atoms with Crippen molar-refractivity contribution in [2.45, 2.75) is 19.4 Å². The maximum atomic E-state index is 12.1. The first-order valence-corrected chi connectivity index (χ1v) is 5.71. The molecule has 6 heteroatoms. The van der Waals surface area contributed by atoms with Gasteiger partial charge in [-0.15, -0.1) is 0 Å². The molecule has 1 unspecified atom stereocenters. The predicted octanol–water partition coefficient (Wildman–Crippen LogP) is 1.11. The number of amides is 1. The van der Waals surface area contributed by atoms with Crippen molar-refractivity contribution in [3.8, 4) is 0 Å². The van der Waals surface area contributed by atoms with Crippen molar-refractivity contribution < 1.29 is 14.8 Å². The van der Waals surface area contributed by atoms with Crippen molar-refractivity contribution in [3.63, 3.8) is 0 Å². The third-order valence-electron chi connectivity index (χ3n) is 3.09. The van der Waals surface area contributed by atoms with Gasteiger partial charge in [0.25, 0.3) is 11.6 Å². The highest BCUT2D eigenvalue weighted by Crippen LogP contribution is 2.21. The first kappa shape index (κ1) is 12.5. The quantitative estimate of drug-likeness (QED) is 0.629. The Labute approximate surface area is 104 Å². The second kappa shape index (κ2) is 4.73. The van der Waals surface area contributed by atoms with Crippen LogP contribution in [0.1, 0.15) is 22.3 Å². The maximum absolute atomic E-state index is 12.1. The zero-order valence-electron chi connectivity index (χ0n) is 10.00. The normalized spacial score (nSPS) is 19.0. The van der Waals surface area contributed by atoms with Gasteiger partial charge in [0.2, 0.25) is 0 Å². The van der Waals surface area contributed by atoms with Crippen LogP contribution in [0.5, 0.6) is 0 Å². The molecule has 1 aliphatic heterocycles. The maximum Gasteiger partial charge on any atom is 0.272 e. The van der Waals surface area contributed by atoms with E-state index in [9.17, 15) is 20.0 Å². The molecule has 1 aromatic carbocycles. The summed E-state index contributed by atoms with van der Waals surface area (Å²) in [7, 11) is 0. The Morgan fingerprint density at radius 2 is 2.28 bits per heavy atom. The summed E-state index contributed by atoms with van der Waals surface area (Å²) in [4.78, 5) is 23.8. The van der Waals surface area contributed by atoms with E-state index in [0.717, 1.165) is 0 Å². The molecule has 6 nitrogen and oxygen atoms in total. The second-order valence-corrected chi connectivity index (χ2v) is 4.45. The lowest BCUT2D eigenvalue weighted by Gasteiger charge is -2.15. The predicted molar refractivity (Wildman–Crippen MR) is 64.4 cm³/mol. The minimum absolute atomic E-state index is 0.00741. The third-order valence-corrected chi connectivity index (χ3v) is 3.09. The lowest BCUT2D eigenvalue weighted by molar-refractivity contribution is -0.385. The number of nitro groups is 1. The van der Waals surface area contributed by atoms with Gasteiger partial charge in [-0.3, -0.25) is 14.9 Å². The van der Waals surface area contributed by atoms with E-state index < -0.39 is 11.0 Å². The topological polar surface area (TPSA) is 83.7 Å². The fourth-order valence-electron chi connectivity index (χ4n) is 2.10. The minimum atomic E-state index is -0.469. The van der Waals surface area contributed by atoms with Crippen LogP contribution in [0.4, 0.5) is 5.69 Å². The summed E-state index contributed by atoms with van der Waals surface area (Å²) in [6, 6.07) is 4.32. The van der Waals surface area contributed by atoms with Gasteiger partial charge in [-0.25, -0.2) is 0 Å². The van der Waals surface area contributed by atoms with Crippen LogP contribution in [-0.4, -0.2) is 40.0 Å². The third kappa shape index (κ3) is 2.33. The van der Waals surface area contributed by atoms with Crippen molar-refractivity contribution in [3.05, 3.63) is 39.4 Å². The molecule has 0 spiro atoms. The summed E-state index contributed by atoms with van der Waals surface area (Å²) < 4.78 is 0. The number of likely N-dealkylation sites (tertiary alicyclic amines) is 1. The number of nitro benzene ring substituents is 1. The number of hydrogen-bond donors (Lipinski definition) is 1. The smallest absolute Gasteiger partial charge is 0.272 e. The zero-order chi connectivity index (χ0) is 13.3. The number of nitrogens with zero attached hydrogens (tertiary/aromatic N) is 2. The molecule has 0 bridgehead atoms. The van der Waals surface area contributed by atoms with Crippen molar-refractivity contribution in [1.29, 1.82) is 0 Å². The lowest BCUT2D eigenvalue weighted by Crippen LogP contribution is -2.29. The zero-order valence-corrected chi connectivity index (χ0v) is 10.00. The highest BCUT2D eigenvalue weighted by molar-refractivity contribution is 5.95. The molecule has 0 saturated carbocycles. The Kier molecular flexibility index (Phi) is 3.29. The molecule has 0 aromatic heterocycles. The molecule has 1 aromatic rings. The molecule has 2 rings (SSSR count). The average molecular weight is 250 g/mol. The first-order chi connectivity index (χ1) is 8.49.